The fraction of sp³-hybridized carbons (Fsp3) is 0.350. The van der Waals surface area contributed by atoms with E-state index in [1.165, 1.54) is 22.0 Å². The van der Waals surface area contributed by atoms with Gasteiger partial charge in [-0.15, -0.1) is 0 Å². The van der Waals surface area contributed by atoms with Gasteiger partial charge >= 0.3 is 0 Å². The van der Waals surface area contributed by atoms with Crippen LogP contribution >= 0.6 is 11.6 Å². The second kappa shape index (κ2) is 7.26. The summed E-state index contributed by atoms with van der Waals surface area (Å²) in [7, 11) is -3.72. The maximum Gasteiger partial charge on any atom is 0.243 e. The highest BCUT2D eigenvalue weighted by Gasteiger charge is 2.41. The number of carbonyl (C=O) groups excluding carboxylic acids is 1. The zero-order chi connectivity index (χ0) is 19.0. The Kier molecular flexibility index (Phi) is 4.97. The van der Waals surface area contributed by atoms with Gasteiger partial charge in [-0.25, -0.2) is 8.42 Å². The van der Waals surface area contributed by atoms with Crippen molar-refractivity contribution < 1.29 is 13.2 Å². The molecule has 2 heterocycles. The van der Waals surface area contributed by atoms with Crippen LogP contribution in [0.1, 0.15) is 24.0 Å². The van der Waals surface area contributed by atoms with E-state index in [1.807, 2.05) is 18.2 Å². The fourth-order valence-electron chi connectivity index (χ4n) is 3.91. The molecule has 4 rings (SSSR count). The van der Waals surface area contributed by atoms with Gasteiger partial charge in [0.05, 0.1) is 4.90 Å². The monoisotopic (exact) mass is 404 g/mol. The predicted molar refractivity (Wildman–Crippen MR) is 104 cm³/mol. The van der Waals surface area contributed by atoms with Crippen molar-refractivity contribution in [3.8, 4) is 0 Å². The van der Waals surface area contributed by atoms with Gasteiger partial charge < -0.3 is 4.90 Å². The van der Waals surface area contributed by atoms with E-state index >= 15 is 0 Å². The molecule has 2 aromatic carbocycles. The van der Waals surface area contributed by atoms with E-state index in [-0.39, 0.29) is 10.8 Å². The van der Waals surface area contributed by atoms with Crippen LogP contribution in [0.5, 0.6) is 0 Å². The molecular formula is C20H21ClN2O3S. The number of carbonyl (C=O) groups is 1. The third-order valence-corrected chi connectivity index (χ3v) is 7.53. The molecule has 0 N–H and O–H groups in total. The molecule has 2 aromatic rings. The second-order valence-corrected chi connectivity index (χ2v) is 9.33. The molecule has 0 radical (unpaired) electrons. The zero-order valence-corrected chi connectivity index (χ0v) is 16.4. The van der Waals surface area contributed by atoms with Crippen LogP contribution in [0.25, 0.3) is 0 Å². The quantitative estimate of drug-likeness (QED) is 0.789. The number of hydrogen-bond donors (Lipinski definition) is 0. The van der Waals surface area contributed by atoms with Crippen LogP contribution in [-0.4, -0.2) is 42.7 Å². The maximum atomic E-state index is 13.2. The third-order valence-electron chi connectivity index (χ3n) is 5.35. The van der Waals surface area contributed by atoms with E-state index in [0.717, 1.165) is 12.0 Å². The van der Waals surface area contributed by atoms with Crippen molar-refractivity contribution in [1.29, 1.82) is 0 Å². The molecule has 0 aliphatic carbocycles. The Hall–Kier alpha value is -1.89. The molecule has 1 fully saturated rings. The molecule has 1 atom stereocenters. The molecule has 0 spiro atoms. The Bertz CT molecular complexity index is 959. The summed E-state index contributed by atoms with van der Waals surface area (Å²) in [6, 6.07) is 13.6. The van der Waals surface area contributed by atoms with Crippen molar-refractivity contribution in [2.75, 3.05) is 13.1 Å². The Morgan fingerprint density at radius 2 is 1.70 bits per heavy atom. The van der Waals surface area contributed by atoms with Gasteiger partial charge in [-0.1, -0.05) is 35.9 Å². The summed E-state index contributed by atoms with van der Waals surface area (Å²) in [5, 5.41) is 0.481. The summed E-state index contributed by atoms with van der Waals surface area (Å²) in [6.07, 6.45) is 2.05. The minimum Gasteiger partial charge on any atom is -0.337 e. The molecule has 0 bridgehead atoms. The number of nitrogens with zero attached hydrogens (tertiary/aromatic N) is 2. The average Bonchev–Trinajstić information content (AvgIpc) is 3.18. The van der Waals surface area contributed by atoms with Crippen molar-refractivity contribution in [2.45, 2.75) is 36.7 Å². The molecule has 7 heteroatoms. The first-order valence-electron chi connectivity index (χ1n) is 9.10. The normalized spacial score (nSPS) is 20.5. The first-order valence-corrected chi connectivity index (χ1v) is 10.9. The lowest BCUT2D eigenvalue weighted by Gasteiger charge is -2.33. The topological polar surface area (TPSA) is 57.7 Å². The standard InChI is InChI=1S/C20H21ClN2O3S/c21-17-7-9-18(10-8-17)27(25,26)23-12-3-6-19(23)20(24)22-13-11-15-4-1-2-5-16(15)14-22/h1-2,4-5,7-10,19H,3,6,11-14H2/t19-/m1/s1. The molecule has 142 valence electrons. The molecule has 2 aliphatic heterocycles. The van der Waals surface area contributed by atoms with Crippen LogP contribution < -0.4 is 0 Å². The number of sulfonamides is 1. The first kappa shape index (κ1) is 18.5. The van der Waals surface area contributed by atoms with Gasteiger partial charge in [0.15, 0.2) is 0 Å². The molecule has 0 unspecified atom stereocenters. The molecule has 1 saturated heterocycles. The number of halogens is 1. The minimum atomic E-state index is -3.72. The summed E-state index contributed by atoms with van der Waals surface area (Å²) < 4.78 is 27.5. The van der Waals surface area contributed by atoms with Crippen molar-refractivity contribution >= 4 is 27.5 Å². The minimum absolute atomic E-state index is 0.0976. The fourth-order valence-corrected chi connectivity index (χ4v) is 5.69. The molecule has 5 nitrogen and oxygen atoms in total. The molecule has 27 heavy (non-hydrogen) atoms. The summed E-state index contributed by atoms with van der Waals surface area (Å²) in [6.45, 7) is 1.54. The lowest BCUT2D eigenvalue weighted by molar-refractivity contribution is -0.135. The van der Waals surface area contributed by atoms with Crippen molar-refractivity contribution in [3.63, 3.8) is 0 Å². The van der Waals surface area contributed by atoms with E-state index in [1.54, 1.807) is 17.0 Å². The molecular weight excluding hydrogens is 384 g/mol. The number of fused-ring (bicyclic) bond motifs is 1. The second-order valence-electron chi connectivity index (χ2n) is 7.01. The van der Waals surface area contributed by atoms with Gasteiger partial charge in [0.2, 0.25) is 15.9 Å². The third kappa shape index (κ3) is 3.49. The smallest absolute Gasteiger partial charge is 0.243 e. The Balaban J connectivity index is 1.56. The van der Waals surface area contributed by atoms with Crippen molar-refractivity contribution in [3.05, 3.63) is 64.7 Å². The summed E-state index contributed by atoms with van der Waals surface area (Å²) >= 11 is 5.87. The summed E-state index contributed by atoms with van der Waals surface area (Å²) in [5.74, 6) is -0.0976. The van der Waals surface area contributed by atoms with Crippen LogP contribution in [-0.2, 0) is 27.8 Å². The van der Waals surface area contributed by atoms with Crippen LogP contribution in [0.3, 0.4) is 0 Å². The van der Waals surface area contributed by atoms with Gasteiger partial charge in [0, 0.05) is 24.7 Å². The Morgan fingerprint density at radius 1 is 1.00 bits per heavy atom. The van der Waals surface area contributed by atoms with Crippen LogP contribution in [0, 0.1) is 0 Å². The predicted octanol–water partition coefficient (Wildman–Crippen LogP) is 3.08. The Morgan fingerprint density at radius 3 is 2.44 bits per heavy atom. The largest absolute Gasteiger partial charge is 0.337 e. The van der Waals surface area contributed by atoms with Crippen molar-refractivity contribution in [1.82, 2.24) is 9.21 Å². The highest BCUT2D eigenvalue weighted by molar-refractivity contribution is 7.89. The molecule has 1 amide bonds. The van der Waals surface area contributed by atoms with Gasteiger partial charge in [-0.05, 0) is 54.7 Å². The summed E-state index contributed by atoms with van der Waals surface area (Å²) in [5.41, 5.74) is 2.40. The molecule has 2 aliphatic rings. The molecule has 0 aromatic heterocycles. The number of amides is 1. The van der Waals surface area contributed by atoms with Crippen LogP contribution in [0.4, 0.5) is 0 Å². The van der Waals surface area contributed by atoms with E-state index in [0.29, 0.717) is 37.5 Å². The maximum absolute atomic E-state index is 13.2. The zero-order valence-electron chi connectivity index (χ0n) is 14.8. The van der Waals surface area contributed by atoms with Gasteiger partial charge in [-0.2, -0.15) is 4.31 Å². The number of rotatable bonds is 3. The Labute approximate surface area is 164 Å². The van der Waals surface area contributed by atoms with E-state index < -0.39 is 16.1 Å². The van der Waals surface area contributed by atoms with Gasteiger partial charge in [-0.3, -0.25) is 4.79 Å². The highest BCUT2D eigenvalue weighted by atomic mass is 35.5. The van der Waals surface area contributed by atoms with Crippen molar-refractivity contribution in [2.24, 2.45) is 0 Å². The summed E-state index contributed by atoms with van der Waals surface area (Å²) in [4.78, 5) is 15.1. The van der Waals surface area contributed by atoms with E-state index in [2.05, 4.69) is 6.07 Å². The van der Waals surface area contributed by atoms with Crippen LogP contribution in [0.15, 0.2) is 53.4 Å². The highest BCUT2D eigenvalue weighted by Crippen LogP contribution is 2.29. The SMILES string of the molecule is O=C([C@H]1CCCN1S(=O)(=O)c1ccc(Cl)cc1)N1CCc2ccccc2C1. The number of hydrogen-bond acceptors (Lipinski definition) is 3. The first-order chi connectivity index (χ1) is 13.0. The lowest BCUT2D eigenvalue weighted by Crippen LogP contribution is -2.49. The average molecular weight is 405 g/mol. The number of benzene rings is 2. The van der Waals surface area contributed by atoms with Gasteiger partial charge in [0.25, 0.3) is 0 Å². The lowest BCUT2D eigenvalue weighted by atomic mass is 9.99. The molecule has 0 saturated carbocycles. The van der Waals surface area contributed by atoms with E-state index in [9.17, 15) is 13.2 Å². The van der Waals surface area contributed by atoms with Crippen LogP contribution in [0.2, 0.25) is 5.02 Å². The van der Waals surface area contributed by atoms with Gasteiger partial charge in [0.1, 0.15) is 6.04 Å². The van der Waals surface area contributed by atoms with E-state index in [4.69, 9.17) is 11.6 Å².